The molecule has 0 radical (unpaired) electrons. The van der Waals surface area contributed by atoms with Gasteiger partial charge in [-0.05, 0) is 38.9 Å². The van der Waals surface area contributed by atoms with Crippen LogP contribution in [0.2, 0.25) is 0 Å². The predicted molar refractivity (Wildman–Crippen MR) is 77.1 cm³/mol. The molecule has 0 aliphatic carbocycles. The average Bonchev–Trinajstić information content (AvgIpc) is 2.88. The van der Waals surface area contributed by atoms with Gasteiger partial charge in [0, 0.05) is 18.5 Å². The fourth-order valence-corrected chi connectivity index (χ4v) is 2.28. The van der Waals surface area contributed by atoms with E-state index in [2.05, 4.69) is 29.2 Å². The minimum atomic E-state index is -0.155. The molecule has 1 heterocycles. The molecule has 2 rings (SSSR count). The molecule has 20 heavy (non-hydrogen) atoms. The number of aromatic nitrogens is 3. The molecule has 0 saturated heterocycles. The Morgan fingerprint density at radius 1 is 1.25 bits per heavy atom. The first-order valence-corrected chi connectivity index (χ1v) is 6.91. The van der Waals surface area contributed by atoms with E-state index >= 15 is 0 Å². The van der Waals surface area contributed by atoms with Crippen molar-refractivity contribution in [1.29, 1.82) is 0 Å². The zero-order chi connectivity index (χ0) is 14.5. The van der Waals surface area contributed by atoms with Crippen LogP contribution in [0.4, 0.5) is 4.39 Å². The van der Waals surface area contributed by atoms with Gasteiger partial charge in [-0.2, -0.15) is 5.10 Å². The second-order valence-corrected chi connectivity index (χ2v) is 5.20. The Morgan fingerprint density at radius 3 is 2.65 bits per heavy atom. The van der Waals surface area contributed by atoms with E-state index in [9.17, 15) is 4.39 Å². The zero-order valence-electron chi connectivity index (χ0n) is 12.2. The van der Waals surface area contributed by atoms with E-state index in [4.69, 9.17) is 0 Å². The summed E-state index contributed by atoms with van der Waals surface area (Å²) < 4.78 is 15.6. The van der Waals surface area contributed by atoms with Crippen LogP contribution in [0.5, 0.6) is 0 Å². The van der Waals surface area contributed by atoms with Crippen LogP contribution in [0, 0.1) is 5.82 Å². The molecule has 1 atom stereocenters. The van der Waals surface area contributed by atoms with Crippen LogP contribution in [-0.4, -0.2) is 27.9 Å². The van der Waals surface area contributed by atoms with E-state index in [1.54, 1.807) is 12.4 Å². The summed E-state index contributed by atoms with van der Waals surface area (Å²) in [5.74, 6) is 0.772. The third-order valence-electron chi connectivity index (χ3n) is 3.40. The molecular formula is C15H21FN4. The molecular weight excluding hydrogens is 255 g/mol. The molecule has 0 bridgehead atoms. The lowest BCUT2D eigenvalue weighted by Gasteiger charge is -2.17. The van der Waals surface area contributed by atoms with E-state index in [0.717, 1.165) is 17.8 Å². The fourth-order valence-electron chi connectivity index (χ4n) is 2.28. The van der Waals surface area contributed by atoms with Crippen LogP contribution in [0.1, 0.15) is 31.3 Å². The van der Waals surface area contributed by atoms with Gasteiger partial charge in [0.2, 0.25) is 0 Å². The number of likely N-dealkylation sites (N-methyl/N-ethyl adjacent to an activating group) is 1. The van der Waals surface area contributed by atoms with E-state index in [1.807, 2.05) is 23.9 Å². The van der Waals surface area contributed by atoms with Crippen molar-refractivity contribution in [3.63, 3.8) is 0 Å². The smallest absolute Gasteiger partial charge is 0.138 e. The van der Waals surface area contributed by atoms with Crippen molar-refractivity contribution in [1.82, 2.24) is 20.1 Å². The molecule has 108 valence electrons. The van der Waals surface area contributed by atoms with Crippen molar-refractivity contribution in [2.75, 3.05) is 7.05 Å². The first-order chi connectivity index (χ1) is 9.61. The average molecular weight is 276 g/mol. The van der Waals surface area contributed by atoms with Gasteiger partial charge in [0.25, 0.3) is 0 Å². The normalized spacial score (nSPS) is 12.8. The van der Waals surface area contributed by atoms with Crippen LogP contribution in [-0.2, 0) is 12.8 Å². The van der Waals surface area contributed by atoms with Gasteiger partial charge in [-0.1, -0.05) is 18.2 Å². The Hall–Kier alpha value is -1.75. The van der Waals surface area contributed by atoms with Crippen molar-refractivity contribution in [2.24, 2.45) is 0 Å². The molecule has 5 heteroatoms. The molecule has 1 aromatic heterocycles. The highest BCUT2D eigenvalue weighted by Crippen LogP contribution is 2.13. The Balaban J connectivity index is 2.10. The topological polar surface area (TPSA) is 42.7 Å². The fraction of sp³-hybridized carbons (Fsp3) is 0.467. The summed E-state index contributed by atoms with van der Waals surface area (Å²) in [7, 11) is 1.89. The van der Waals surface area contributed by atoms with Gasteiger partial charge in [-0.25, -0.2) is 14.1 Å². The summed E-state index contributed by atoms with van der Waals surface area (Å²) in [5.41, 5.74) is 0.725. The van der Waals surface area contributed by atoms with E-state index < -0.39 is 0 Å². The first-order valence-electron chi connectivity index (χ1n) is 6.91. The first kappa shape index (κ1) is 14.7. The highest BCUT2D eigenvalue weighted by atomic mass is 19.1. The Morgan fingerprint density at radius 2 is 2.00 bits per heavy atom. The Kier molecular flexibility index (Phi) is 4.84. The van der Waals surface area contributed by atoms with Crippen molar-refractivity contribution in [3.05, 3.63) is 47.8 Å². The molecule has 0 spiro atoms. The Bertz CT molecular complexity index is 550. The van der Waals surface area contributed by atoms with Crippen LogP contribution in [0.25, 0.3) is 0 Å². The SMILES string of the molecule is CNC(Cc1ccccc1F)Cc1ncnn1C(C)C. The van der Waals surface area contributed by atoms with Crippen molar-refractivity contribution < 1.29 is 4.39 Å². The van der Waals surface area contributed by atoms with Crippen LogP contribution < -0.4 is 5.32 Å². The van der Waals surface area contributed by atoms with Gasteiger partial charge in [0.1, 0.15) is 18.0 Å². The van der Waals surface area contributed by atoms with Crippen molar-refractivity contribution in [3.8, 4) is 0 Å². The summed E-state index contributed by atoms with van der Waals surface area (Å²) in [4.78, 5) is 4.31. The quantitative estimate of drug-likeness (QED) is 0.881. The molecule has 4 nitrogen and oxygen atoms in total. The predicted octanol–water partition coefficient (Wildman–Crippen LogP) is 2.37. The minimum absolute atomic E-state index is 0.133. The lowest BCUT2D eigenvalue weighted by molar-refractivity contribution is 0.466. The highest BCUT2D eigenvalue weighted by Gasteiger charge is 2.15. The van der Waals surface area contributed by atoms with Gasteiger partial charge >= 0.3 is 0 Å². The number of nitrogens with one attached hydrogen (secondary N) is 1. The lowest BCUT2D eigenvalue weighted by atomic mass is 10.0. The summed E-state index contributed by atoms with van der Waals surface area (Å²) in [5, 5.41) is 7.47. The highest BCUT2D eigenvalue weighted by molar-refractivity contribution is 5.18. The number of rotatable bonds is 6. The second kappa shape index (κ2) is 6.61. The van der Waals surface area contributed by atoms with Crippen LogP contribution >= 0.6 is 0 Å². The summed E-state index contributed by atoms with van der Waals surface area (Å²) in [6.07, 6.45) is 2.93. The van der Waals surface area contributed by atoms with Crippen molar-refractivity contribution >= 4 is 0 Å². The largest absolute Gasteiger partial charge is 0.316 e. The molecule has 2 aromatic rings. The molecule has 0 aliphatic rings. The molecule has 0 saturated carbocycles. The number of hydrogen-bond donors (Lipinski definition) is 1. The standard InChI is InChI=1S/C15H21FN4/c1-11(2)20-15(18-10-19-20)9-13(17-3)8-12-6-4-5-7-14(12)16/h4-7,10-11,13,17H,8-9H2,1-3H3. The Labute approximate surface area is 119 Å². The second-order valence-electron chi connectivity index (χ2n) is 5.20. The van der Waals surface area contributed by atoms with E-state index in [1.165, 1.54) is 6.07 Å². The number of hydrogen-bond acceptors (Lipinski definition) is 3. The van der Waals surface area contributed by atoms with Crippen molar-refractivity contribution in [2.45, 2.75) is 38.8 Å². The maximum atomic E-state index is 13.7. The molecule has 0 aliphatic heterocycles. The van der Waals surface area contributed by atoms with Gasteiger partial charge in [-0.15, -0.1) is 0 Å². The summed E-state index contributed by atoms with van der Waals surface area (Å²) in [6.45, 7) is 4.15. The maximum absolute atomic E-state index is 13.7. The van der Waals surface area contributed by atoms with E-state index in [0.29, 0.717) is 6.42 Å². The lowest BCUT2D eigenvalue weighted by Crippen LogP contribution is -2.31. The molecule has 0 fully saturated rings. The van der Waals surface area contributed by atoms with Gasteiger partial charge < -0.3 is 5.32 Å². The number of benzene rings is 1. The summed E-state index contributed by atoms with van der Waals surface area (Å²) >= 11 is 0. The minimum Gasteiger partial charge on any atom is -0.316 e. The molecule has 1 N–H and O–H groups in total. The zero-order valence-corrected chi connectivity index (χ0v) is 12.2. The van der Waals surface area contributed by atoms with Crippen LogP contribution in [0.3, 0.4) is 0 Å². The maximum Gasteiger partial charge on any atom is 0.138 e. The monoisotopic (exact) mass is 276 g/mol. The molecule has 1 aromatic carbocycles. The van der Waals surface area contributed by atoms with Gasteiger partial charge in [0.05, 0.1) is 0 Å². The third kappa shape index (κ3) is 3.42. The molecule has 0 amide bonds. The van der Waals surface area contributed by atoms with Crippen LogP contribution in [0.15, 0.2) is 30.6 Å². The van der Waals surface area contributed by atoms with Gasteiger partial charge in [0.15, 0.2) is 0 Å². The number of nitrogens with zero attached hydrogens (tertiary/aromatic N) is 3. The number of halogens is 1. The summed E-state index contributed by atoms with van der Waals surface area (Å²) in [6, 6.07) is 7.31. The third-order valence-corrected chi connectivity index (χ3v) is 3.40. The molecule has 1 unspecified atom stereocenters. The van der Waals surface area contributed by atoms with Gasteiger partial charge in [-0.3, -0.25) is 0 Å². The van der Waals surface area contributed by atoms with E-state index in [-0.39, 0.29) is 17.9 Å².